The lowest BCUT2D eigenvalue weighted by Crippen LogP contribution is -2.45. The number of carbonyl (C=O) groups is 6. The maximum atomic E-state index is 16.1. The molecule has 0 amide bonds. The van der Waals surface area contributed by atoms with Gasteiger partial charge >= 0.3 is 35.8 Å². The molecule has 0 heterocycles. The fourth-order valence-electron chi connectivity index (χ4n) is 7.60. The third-order valence-electron chi connectivity index (χ3n) is 11.5. The van der Waals surface area contributed by atoms with E-state index in [9.17, 15) is 28.8 Å². The van der Waals surface area contributed by atoms with Crippen molar-refractivity contribution in [3.63, 3.8) is 0 Å². The minimum Gasteiger partial charge on any atom is -0.492 e. The highest BCUT2D eigenvalue weighted by molar-refractivity contribution is 6.30. The molecule has 1 aliphatic rings. The predicted molar refractivity (Wildman–Crippen MR) is 240 cm³/mol. The molecule has 0 radical (unpaired) electrons. The molecule has 0 aromatic heterocycles. The number of esters is 6. The Morgan fingerprint density at radius 1 is 0.621 bits per heavy atom. The SMILES string of the molecule is C=C(C)C(=O)OCCCc1cc(-c2c(F)cc(-c3ccc(C4CCC(CCCCC)CC4)cc3)cc2F)ccc1OCC(COC(=O)C(=C)C)(COC(=O)C(=O)OC)COC(=O)C(=O)OC. The Balaban J connectivity index is 1.65. The first-order chi connectivity index (χ1) is 31.5. The summed E-state index contributed by atoms with van der Waals surface area (Å²) in [6.07, 6.45) is 10.1. The quantitative estimate of drug-likeness (QED) is 0.0308. The zero-order valence-electron chi connectivity index (χ0n) is 38.4. The Morgan fingerprint density at radius 2 is 1.15 bits per heavy atom. The Hall–Kier alpha value is -6.38. The number of methoxy groups -OCH3 is 2. The van der Waals surface area contributed by atoms with Crippen LogP contribution < -0.4 is 4.74 Å². The van der Waals surface area contributed by atoms with Gasteiger partial charge in [0.2, 0.25) is 0 Å². The van der Waals surface area contributed by atoms with Crippen molar-refractivity contribution in [1.29, 1.82) is 0 Å². The van der Waals surface area contributed by atoms with E-state index in [4.69, 9.17) is 23.7 Å². The van der Waals surface area contributed by atoms with Gasteiger partial charge in [0.05, 0.1) is 26.4 Å². The molecule has 4 rings (SSSR count). The normalized spacial score (nSPS) is 14.6. The Bertz CT molecular complexity index is 2170. The molecule has 1 aliphatic carbocycles. The van der Waals surface area contributed by atoms with E-state index in [1.165, 1.54) is 88.3 Å². The predicted octanol–water partition coefficient (Wildman–Crippen LogP) is 9.12. The van der Waals surface area contributed by atoms with Crippen molar-refractivity contribution in [3.8, 4) is 28.0 Å². The van der Waals surface area contributed by atoms with Crippen LogP contribution in [-0.4, -0.2) is 83.1 Å². The molecule has 0 unspecified atom stereocenters. The van der Waals surface area contributed by atoms with E-state index in [0.29, 0.717) is 22.6 Å². The van der Waals surface area contributed by atoms with Gasteiger partial charge in [0.1, 0.15) is 49.2 Å². The monoisotopic (exact) mass is 918 g/mol. The second-order valence-electron chi connectivity index (χ2n) is 16.8. The van der Waals surface area contributed by atoms with Crippen LogP contribution in [0.1, 0.15) is 95.6 Å². The molecule has 356 valence electrons. The Morgan fingerprint density at radius 3 is 1.68 bits per heavy atom. The number of rotatable bonds is 22. The van der Waals surface area contributed by atoms with Gasteiger partial charge in [-0.15, -0.1) is 0 Å². The van der Waals surface area contributed by atoms with Gasteiger partial charge in [0.25, 0.3) is 0 Å². The van der Waals surface area contributed by atoms with Crippen LogP contribution in [-0.2, 0) is 63.6 Å². The summed E-state index contributed by atoms with van der Waals surface area (Å²) in [6.45, 7) is 9.33. The van der Waals surface area contributed by atoms with Crippen molar-refractivity contribution in [3.05, 3.63) is 102 Å². The summed E-state index contributed by atoms with van der Waals surface area (Å²) >= 11 is 0. The van der Waals surface area contributed by atoms with Crippen molar-refractivity contribution < 1.29 is 70.7 Å². The summed E-state index contributed by atoms with van der Waals surface area (Å²) < 4.78 is 68.3. The number of halogens is 2. The van der Waals surface area contributed by atoms with E-state index in [1.54, 1.807) is 0 Å². The van der Waals surface area contributed by atoms with Crippen molar-refractivity contribution in [1.82, 2.24) is 0 Å². The minimum atomic E-state index is -1.80. The molecule has 1 fully saturated rings. The van der Waals surface area contributed by atoms with Crippen LogP contribution in [0.4, 0.5) is 8.78 Å². The topological polar surface area (TPSA) is 167 Å². The maximum Gasteiger partial charge on any atom is 0.417 e. The summed E-state index contributed by atoms with van der Waals surface area (Å²) in [6, 6.07) is 14.8. The molecular weight excluding hydrogens is 859 g/mol. The van der Waals surface area contributed by atoms with Crippen LogP contribution in [0.3, 0.4) is 0 Å². The number of ether oxygens (including phenoxy) is 7. The highest BCUT2D eigenvalue weighted by Crippen LogP contribution is 2.39. The summed E-state index contributed by atoms with van der Waals surface area (Å²) in [5.41, 5.74) is 0.842. The van der Waals surface area contributed by atoms with Crippen LogP contribution in [0.15, 0.2) is 78.9 Å². The Labute approximate surface area is 384 Å². The minimum absolute atomic E-state index is 0.0146. The van der Waals surface area contributed by atoms with Gasteiger partial charge < -0.3 is 33.2 Å². The smallest absolute Gasteiger partial charge is 0.417 e. The van der Waals surface area contributed by atoms with Crippen LogP contribution in [0.25, 0.3) is 22.3 Å². The number of unbranched alkanes of at least 4 members (excludes halogenated alkanes) is 2. The average molecular weight is 919 g/mol. The highest BCUT2D eigenvalue weighted by atomic mass is 19.1. The van der Waals surface area contributed by atoms with Gasteiger partial charge in [-0.2, -0.15) is 0 Å². The molecule has 3 aromatic rings. The second-order valence-corrected chi connectivity index (χ2v) is 16.8. The molecule has 66 heavy (non-hydrogen) atoms. The molecular formula is C51H60F2O13. The van der Waals surface area contributed by atoms with Gasteiger partial charge in [0.15, 0.2) is 0 Å². The number of benzene rings is 3. The number of carbonyl (C=O) groups excluding carboxylic acids is 6. The summed E-state index contributed by atoms with van der Waals surface area (Å²) in [7, 11) is 1.89. The van der Waals surface area contributed by atoms with Gasteiger partial charge in [-0.3, -0.25) is 0 Å². The average Bonchev–Trinajstić information content (AvgIpc) is 3.31. The third kappa shape index (κ3) is 15.1. The molecule has 0 aliphatic heterocycles. The summed E-state index contributed by atoms with van der Waals surface area (Å²) in [4.78, 5) is 73.4. The lowest BCUT2D eigenvalue weighted by molar-refractivity contribution is -0.177. The van der Waals surface area contributed by atoms with Crippen molar-refractivity contribution >= 4 is 35.8 Å². The largest absolute Gasteiger partial charge is 0.492 e. The van der Waals surface area contributed by atoms with E-state index in [-0.39, 0.29) is 47.5 Å². The molecule has 15 heteroatoms. The van der Waals surface area contributed by atoms with Crippen molar-refractivity contribution in [2.75, 3.05) is 47.3 Å². The van der Waals surface area contributed by atoms with E-state index < -0.39 is 79.3 Å². The highest BCUT2D eigenvalue weighted by Gasteiger charge is 2.39. The van der Waals surface area contributed by atoms with E-state index in [2.05, 4.69) is 29.6 Å². The van der Waals surface area contributed by atoms with E-state index in [1.807, 2.05) is 24.3 Å². The molecule has 3 aromatic carbocycles. The Kier molecular flexibility index (Phi) is 20.1. The molecule has 0 bridgehead atoms. The zero-order chi connectivity index (χ0) is 48.4. The van der Waals surface area contributed by atoms with E-state index >= 15 is 8.78 Å². The molecule has 0 atom stereocenters. The number of aryl methyl sites for hydroxylation is 1. The van der Waals surface area contributed by atoms with Crippen molar-refractivity contribution in [2.45, 2.75) is 90.9 Å². The first kappa shape index (κ1) is 52.2. The lowest BCUT2D eigenvalue weighted by atomic mass is 9.77. The summed E-state index contributed by atoms with van der Waals surface area (Å²) in [5.74, 6) is -7.41. The van der Waals surface area contributed by atoms with Crippen molar-refractivity contribution in [2.24, 2.45) is 11.3 Å². The first-order valence-corrected chi connectivity index (χ1v) is 22.0. The van der Waals surface area contributed by atoms with Gasteiger partial charge in [-0.25, -0.2) is 37.5 Å². The van der Waals surface area contributed by atoms with Gasteiger partial charge in [-0.1, -0.05) is 76.1 Å². The van der Waals surface area contributed by atoms with Gasteiger partial charge in [0, 0.05) is 11.1 Å². The van der Waals surface area contributed by atoms with Crippen LogP contribution in [0.2, 0.25) is 0 Å². The second kappa shape index (κ2) is 25.4. The number of hydrogen-bond acceptors (Lipinski definition) is 13. The van der Waals surface area contributed by atoms with Crippen LogP contribution in [0, 0.1) is 23.0 Å². The molecule has 0 spiro atoms. The maximum absolute atomic E-state index is 16.1. The summed E-state index contributed by atoms with van der Waals surface area (Å²) in [5, 5.41) is 0. The van der Waals surface area contributed by atoms with Crippen LogP contribution in [0.5, 0.6) is 5.75 Å². The lowest BCUT2D eigenvalue weighted by Gasteiger charge is -2.32. The molecule has 13 nitrogen and oxygen atoms in total. The van der Waals surface area contributed by atoms with Gasteiger partial charge in [-0.05, 0) is 116 Å². The molecule has 0 saturated heterocycles. The van der Waals surface area contributed by atoms with Crippen LogP contribution >= 0.6 is 0 Å². The third-order valence-corrected chi connectivity index (χ3v) is 11.5. The molecule has 0 N–H and O–H groups in total. The first-order valence-electron chi connectivity index (χ1n) is 22.0. The standard InChI is InChI=1S/C51H60F2O13/c1-8-9-10-12-34-14-16-35(17-15-34)36-18-20-37(21-19-36)40-26-41(52)44(42(53)27-40)39-22-23-43(38(25-39)13-11-24-62-45(54)32(2)3)63-28-51(29-64-46(55)33(4)5,30-65-49(58)47(56)60-6)31-66-50(59)48(57)61-7/h18-23,25-27,34-35H,2,4,8-17,24,28-31H2,1,3,5-7H3. The number of hydrogen-bond donors (Lipinski definition) is 0. The fraction of sp³-hybridized carbons (Fsp3) is 0.451. The molecule has 1 saturated carbocycles. The fourth-order valence-corrected chi connectivity index (χ4v) is 7.60. The van der Waals surface area contributed by atoms with E-state index in [0.717, 1.165) is 33.0 Å². The zero-order valence-corrected chi connectivity index (χ0v) is 38.4.